The van der Waals surface area contributed by atoms with Gasteiger partial charge >= 0.3 is 0 Å². The van der Waals surface area contributed by atoms with Gasteiger partial charge in [0.05, 0.1) is 12.6 Å². The highest BCUT2D eigenvalue weighted by atomic mass is 19.1. The van der Waals surface area contributed by atoms with E-state index < -0.39 is 17.7 Å². The molecule has 0 aliphatic rings. The van der Waals surface area contributed by atoms with Gasteiger partial charge in [0.2, 0.25) is 0 Å². The fourth-order valence-electron chi connectivity index (χ4n) is 3.18. The molecule has 2 aromatic rings. The molecule has 0 aromatic heterocycles. The summed E-state index contributed by atoms with van der Waals surface area (Å²) in [6.45, 7) is 6.41. The Hall–Kier alpha value is -2.80. The Labute approximate surface area is 170 Å². The number of anilines is 1. The van der Waals surface area contributed by atoms with Crippen molar-refractivity contribution < 1.29 is 23.3 Å². The van der Waals surface area contributed by atoms with E-state index in [-0.39, 0.29) is 30.5 Å². The van der Waals surface area contributed by atoms with Crippen molar-refractivity contribution in [3.05, 3.63) is 65.2 Å². The summed E-state index contributed by atoms with van der Waals surface area (Å²) in [6, 6.07) is 10.2. The fraction of sp³-hybridized carbons (Fsp3) is 0.364. The average molecular weight is 404 g/mol. The third-order valence-electron chi connectivity index (χ3n) is 4.65. The van der Waals surface area contributed by atoms with E-state index in [4.69, 9.17) is 0 Å². The molecule has 3 N–H and O–H groups in total. The van der Waals surface area contributed by atoms with Gasteiger partial charge in [0.1, 0.15) is 11.6 Å². The van der Waals surface area contributed by atoms with Crippen LogP contribution in [0.5, 0.6) is 0 Å². The van der Waals surface area contributed by atoms with Crippen LogP contribution in [-0.4, -0.2) is 31.4 Å². The number of halogens is 2. The molecule has 7 heteroatoms. The van der Waals surface area contributed by atoms with E-state index in [1.165, 1.54) is 6.07 Å². The van der Waals surface area contributed by atoms with Crippen LogP contribution in [0.15, 0.2) is 42.5 Å². The van der Waals surface area contributed by atoms with Gasteiger partial charge in [-0.25, -0.2) is 8.78 Å². The van der Waals surface area contributed by atoms with Crippen molar-refractivity contribution in [3.8, 4) is 0 Å². The molecule has 5 nitrogen and oxygen atoms in total. The van der Waals surface area contributed by atoms with Gasteiger partial charge in [0.15, 0.2) is 13.1 Å². The van der Waals surface area contributed by atoms with Crippen molar-refractivity contribution in [1.82, 2.24) is 5.32 Å². The number of benzene rings is 2. The molecule has 0 aliphatic heterocycles. The zero-order chi connectivity index (χ0) is 21.4. The number of amides is 2. The first-order valence-corrected chi connectivity index (χ1v) is 9.73. The number of para-hydroxylation sites is 1. The van der Waals surface area contributed by atoms with Crippen molar-refractivity contribution in [1.29, 1.82) is 0 Å². The minimum absolute atomic E-state index is 0.0855. The van der Waals surface area contributed by atoms with Crippen LogP contribution in [0.2, 0.25) is 0 Å². The molecule has 0 fully saturated rings. The highest BCUT2D eigenvalue weighted by molar-refractivity contribution is 5.92. The molecular weight excluding hydrogens is 376 g/mol. The number of aryl methyl sites for hydroxylation is 1. The molecule has 1 unspecified atom stereocenters. The normalized spacial score (nSPS) is 12.9. The Bertz CT molecular complexity index is 858. The van der Waals surface area contributed by atoms with E-state index in [2.05, 4.69) is 10.6 Å². The molecular formula is C22H28F2N3O2+. The van der Waals surface area contributed by atoms with Gasteiger partial charge in [-0.2, -0.15) is 0 Å². The first-order valence-electron chi connectivity index (χ1n) is 9.73. The highest BCUT2D eigenvalue weighted by Gasteiger charge is 2.20. The monoisotopic (exact) mass is 404 g/mol. The second kappa shape index (κ2) is 10.7. The molecule has 29 heavy (non-hydrogen) atoms. The van der Waals surface area contributed by atoms with Crippen molar-refractivity contribution in [2.75, 3.05) is 25.0 Å². The van der Waals surface area contributed by atoms with Gasteiger partial charge < -0.3 is 15.5 Å². The zero-order valence-corrected chi connectivity index (χ0v) is 17.0. The quantitative estimate of drug-likeness (QED) is 0.601. The molecule has 0 saturated heterocycles. The molecule has 0 bridgehead atoms. The third-order valence-corrected chi connectivity index (χ3v) is 4.65. The van der Waals surface area contributed by atoms with Gasteiger partial charge in [-0.05, 0) is 38.0 Å². The summed E-state index contributed by atoms with van der Waals surface area (Å²) in [7, 11) is 0. The molecule has 0 radical (unpaired) electrons. The summed E-state index contributed by atoms with van der Waals surface area (Å²) in [6.07, 6.45) is 0.808. The number of hydrogen-bond donors (Lipinski definition) is 3. The van der Waals surface area contributed by atoms with Crippen LogP contribution in [-0.2, 0) is 9.59 Å². The molecule has 2 amide bonds. The number of carbonyl (C=O) groups is 2. The number of carbonyl (C=O) groups excluding carboxylic acids is 2. The van der Waals surface area contributed by atoms with Crippen LogP contribution in [0.25, 0.3) is 0 Å². The number of hydrogen-bond acceptors (Lipinski definition) is 2. The van der Waals surface area contributed by atoms with Gasteiger partial charge in [0, 0.05) is 17.3 Å². The average Bonchev–Trinajstić information content (AvgIpc) is 2.63. The number of nitrogens with one attached hydrogen (secondary N) is 3. The van der Waals surface area contributed by atoms with Gasteiger partial charge in [-0.1, -0.05) is 31.2 Å². The number of quaternary nitrogens is 1. The maximum Gasteiger partial charge on any atom is 0.279 e. The van der Waals surface area contributed by atoms with Crippen molar-refractivity contribution in [3.63, 3.8) is 0 Å². The van der Waals surface area contributed by atoms with E-state index in [0.717, 1.165) is 34.7 Å². The topological polar surface area (TPSA) is 62.6 Å². The van der Waals surface area contributed by atoms with Crippen LogP contribution in [0.1, 0.15) is 37.4 Å². The lowest BCUT2D eigenvalue weighted by Gasteiger charge is -2.20. The predicted octanol–water partition coefficient (Wildman–Crippen LogP) is 2.38. The SMILES string of the molecule is CCC[NH+](CC(=O)Nc1ccccc1C)CC(=O)N[C@@H](C)c1ccc(F)cc1F. The summed E-state index contributed by atoms with van der Waals surface area (Å²) in [4.78, 5) is 25.6. The van der Waals surface area contributed by atoms with Crippen LogP contribution >= 0.6 is 0 Å². The standard InChI is InChI=1S/C22H27F2N3O2/c1-4-11-27(14-22(29)26-20-8-6-5-7-15(20)2)13-21(28)25-16(3)18-10-9-17(23)12-19(18)24/h5-10,12,16H,4,11,13-14H2,1-3H3,(H,25,28)(H,26,29)/p+1/t16-/m0/s1. The Balaban J connectivity index is 1.93. The van der Waals surface area contributed by atoms with Gasteiger partial charge in [-0.15, -0.1) is 0 Å². The van der Waals surface area contributed by atoms with E-state index in [1.807, 2.05) is 38.1 Å². The first kappa shape index (κ1) is 22.5. The Morgan fingerprint density at radius 3 is 2.41 bits per heavy atom. The minimum atomic E-state index is -0.701. The van der Waals surface area contributed by atoms with Crippen LogP contribution in [0.4, 0.5) is 14.5 Å². The third kappa shape index (κ3) is 6.94. The second-order valence-electron chi connectivity index (χ2n) is 7.17. The molecule has 2 aromatic carbocycles. The molecule has 156 valence electrons. The molecule has 0 heterocycles. The Morgan fingerprint density at radius 2 is 1.76 bits per heavy atom. The van der Waals surface area contributed by atoms with Crippen molar-refractivity contribution >= 4 is 17.5 Å². The lowest BCUT2D eigenvalue weighted by atomic mass is 10.1. The maximum absolute atomic E-state index is 13.9. The molecule has 2 rings (SSSR count). The summed E-state index contributed by atoms with van der Waals surface area (Å²) in [5.41, 5.74) is 1.93. The van der Waals surface area contributed by atoms with E-state index in [1.54, 1.807) is 6.92 Å². The van der Waals surface area contributed by atoms with E-state index in [9.17, 15) is 18.4 Å². The lowest BCUT2D eigenvalue weighted by molar-refractivity contribution is -0.883. The fourth-order valence-corrected chi connectivity index (χ4v) is 3.18. The summed E-state index contributed by atoms with van der Waals surface area (Å²) in [5, 5.41) is 5.60. The number of rotatable bonds is 9. The molecule has 0 spiro atoms. The molecule has 0 saturated carbocycles. The predicted molar refractivity (Wildman–Crippen MR) is 109 cm³/mol. The van der Waals surface area contributed by atoms with Gasteiger partial charge in [0.25, 0.3) is 11.8 Å². The molecule has 2 atom stereocenters. The summed E-state index contributed by atoms with van der Waals surface area (Å²) in [5.74, 6) is -1.84. The van der Waals surface area contributed by atoms with Crippen LogP contribution in [0.3, 0.4) is 0 Å². The van der Waals surface area contributed by atoms with E-state index >= 15 is 0 Å². The van der Waals surface area contributed by atoms with Crippen LogP contribution in [0, 0.1) is 18.6 Å². The van der Waals surface area contributed by atoms with E-state index in [0.29, 0.717) is 6.54 Å². The summed E-state index contributed by atoms with van der Waals surface area (Å²) < 4.78 is 27.0. The first-order chi connectivity index (χ1) is 13.8. The van der Waals surface area contributed by atoms with Crippen LogP contribution < -0.4 is 15.5 Å². The molecule has 0 aliphatic carbocycles. The largest absolute Gasteiger partial charge is 0.345 e. The highest BCUT2D eigenvalue weighted by Crippen LogP contribution is 2.17. The smallest absolute Gasteiger partial charge is 0.279 e. The van der Waals surface area contributed by atoms with Crippen molar-refractivity contribution in [2.45, 2.75) is 33.2 Å². The second-order valence-corrected chi connectivity index (χ2v) is 7.17. The minimum Gasteiger partial charge on any atom is -0.345 e. The summed E-state index contributed by atoms with van der Waals surface area (Å²) >= 11 is 0. The Morgan fingerprint density at radius 1 is 1.07 bits per heavy atom. The van der Waals surface area contributed by atoms with Gasteiger partial charge in [-0.3, -0.25) is 9.59 Å². The zero-order valence-electron chi connectivity index (χ0n) is 17.0. The maximum atomic E-state index is 13.9. The van der Waals surface area contributed by atoms with Crippen molar-refractivity contribution in [2.24, 2.45) is 0 Å². The Kier molecular flexibility index (Phi) is 8.27. The lowest BCUT2D eigenvalue weighted by Crippen LogP contribution is -3.14.